The Balaban J connectivity index is 2.65. The van der Waals surface area contributed by atoms with E-state index in [1.807, 2.05) is 0 Å². The van der Waals surface area contributed by atoms with Crippen molar-refractivity contribution >= 4 is 29.5 Å². The van der Waals surface area contributed by atoms with Crippen LogP contribution < -0.4 is 0 Å². The molecule has 1 aliphatic rings. The fourth-order valence-corrected chi connectivity index (χ4v) is 2.98. The number of carbonyl (C=O) groups is 5. The van der Waals surface area contributed by atoms with Crippen LogP contribution in [0.25, 0.3) is 0 Å². The second kappa shape index (κ2) is 8.11. The van der Waals surface area contributed by atoms with E-state index in [9.17, 15) is 24.0 Å². The van der Waals surface area contributed by atoms with Crippen molar-refractivity contribution in [3.05, 3.63) is 35.4 Å². The van der Waals surface area contributed by atoms with E-state index in [0.29, 0.717) is 4.90 Å². The summed E-state index contributed by atoms with van der Waals surface area (Å²) in [5, 5.41) is 0. The number of imide groups is 1. The predicted octanol–water partition coefficient (Wildman–Crippen LogP) is 1.52. The SMILES string of the molecule is CCOC(=O)C(CCC(C)=O)(C(=O)OCC)N1C(=O)c2ccccc2C1=O. The maximum absolute atomic E-state index is 12.9. The van der Waals surface area contributed by atoms with Gasteiger partial charge in [-0.3, -0.25) is 9.59 Å². The van der Waals surface area contributed by atoms with E-state index in [1.54, 1.807) is 12.1 Å². The lowest BCUT2D eigenvalue weighted by atomic mass is 9.89. The third-order valence-corrected chi connectivity index (χ3v) is 4.24. The molecule has 0 fully saturated rings. The minimum atomic E-state index is -2.36. The Morgan fingerprint density at radius 2 is 1.37 bits per heavy atom. The van der Waals surface area contributed by atoms with Gasteiger partial charge in [-0.15, -0.1) is 0 Å². The highest BCUT2D eigenvalue weighted by Crippen LogP contribution is 2.34. The molecule has 8 nitrogen and oxygen atoms in total. The largest absolute Gasteiger partial charge is 0.464 e. The second-order valence-corrected chi connectivity index (χ2v) is 5.99. The summed E-state index contributed by atoms with van der Waals surface area (Å²) in [4.78, 5) is 63.7. The molecule has 0 aliphatic carbocycles. The van der Waals surface area contributed by atoms with Gasteiger partial charge in [-0.1, -0.05) is 12.1 Å². The summed E-state index contributed by atoms with van der Waals surface area (Å²) in [7, 11) is 0. The highest BCUT2D eigenvalue weighted by Gasteiger charge is 2.60. The molecule has 0 unspecified atom stereocenters. The number of hydrogen-bond acceptors (Lipinski definition) is 7. The third-order valence-electron chi connectivity index (χ3n) is 4.24. The van der Waals surface area contributed by atoms with Crippen molar-refractivity contribution in [3.8, 4) is 0 Å². The van der Waals surface area contributed by atoms with Crippen LogP contribution in [0.1, 0.15) is 54.3 Å². The fourth-order valence-electron chi connectivity index (χ4n) is 2.98. The molecular weight excluding hydrogens is 354 g/mol. The average molecular weight is 375 g/mol. The molecule has 8 heteroatoms. The number of esters is 2. The average Bonchev–Trinajstić information content (AvgIpc) is 2.88. The Kier molecular flexibility index (Phi) is 6.09. The Labute approximate surface area is 156 Å². The van der Waals surface area contributed by atoms with Gasteiger partial charge < -0.3 is 14.3 Å². The van der Waals surface area contributed by atoms with Crippen LogP contribution in [-0.2, 0) is 23.9 Å². The van der Waals surface area contributed by atoms with Crippen molar-refractivity contribution in [3.63, 3.8) is 0 Å². The number of ketones is 1. The van der Waals surface area contributed by atoms with E-state index < -0.39 is 35.7 Å². The molecule has 0 atom stereocenters. The molecule has 0 bridgehead atoms. The van der Waals surface area contributed by atoms with Crippen molar-refractivity contribution in [2.45, 2.75) is 39.2 Å². The van der Waals surface area contributed by atoms with Crippen LogP contribution in [0.2, 0.25) is 0 Å². The summed E-state index contributed by atoms with van der Waals surface area (Å²) in [6, 6.07) is 6.00. The molecule has 27 heavy (non-hydrogen) atoms. The van der Waals surface area contributed by atoms with Crippen LogP contribution in [0.5, 0.6) is 0 Å². The van der Waals surface area contributed by atoms with Gasteiger partial charge in [0.25, 0.3) is 11.8 Å². The number of rotatable bonds is 8. The monoisotopic (exact) mass is 375 g/mol. The van der Waals surface area contributed by atoms with Gasteiger partial charge >= 0.3 is 11.9 Å². The lowest BCUT2D eigenvalue weighted by Crippen LogP contribution is -2.63. The number of benzene rings is 1. The fraction of sp³-hybridized carbons (Fsp3) is 0.421. The number of hydrogen-bond donors (Lipinski definition) is 0. The maximum atomic E-state index is 12.9. The molecule has 0 radical (unpaired) electrons. The molecule has 1 aromatic rings. The minimum Gasteiger partial charge on any atom is -0.464 e. The quantitative estimate of drug-likeness (QED) is 0.385. The van der Waals surface area contributed by atoms with Crippen LogP contribution in [0, 0.1) is 0 Å². The molecule has 2 rings (SSSR count). The van der Waals surface area contributed by atoms with E-state index in [2.05, 4.69) is 0 Å². The normalized spacial score (nSPS) is 13.4. The summed E-state index contributed by atoms with van der Waals surface area (Å²) in [6.45, 7) is 4.18. The topological polar surface area (TPSA) is 107 Å². The number of amides is 2. The van der Waals surface area contributed by atoms with Gasteiger partial charge in [-0.25, -0.2) is 14.5 Å². The van der Waals surface area contributed by atoms with Crippen molar-refractivity contribution in [2.75, 3.05) is 13.2 Å². The molecule has 0 saturated heterocycles. The van der Waals surface area contributed by atoms with E-state index in [-0.39, 0.29) is 36.5 Å². The van der Waals surface area contributed by atoms with E-state index >= 15 is 0 Å². The summed E-state index contributed by atoms with van der Waals surface area (Å²) in [5.41, 5.74) is -2.21. The zero-order valence-corrected chi connectivity index (χ0v) is 15.4. The van der Waals surface area contributed by atoms with Crippen molar-refractivity contribution in [2.24, 2.45) is 0 Å². The van der Waals surface area contributed by atoms with Crippen LogP contribution in [0.3, 0.4) is 0 Å². The summed E-state index contributed by atoms with van der Waals surface area (Å²) >= 11 is 0. The molecular formula is C19H21NO7. The number of carbonyl (C=O) groups excluding carboxylic acids is 5. The summed E-state index contributed by atoms with van der Waals surface area (Å²) in [5.74, 6) is -4.12. The molecule has 144 valence electrons. The first-order chi connectivity index (χ1) is 12.8. The highest BCUT2D eigenvalue weighted by atomic mass is 16.6. The first kappa shape index (κ1) is 20.3. The standard InChI is InChI=1S/C19H21NO7/c1-4-26-17(24)19(11-10-12(3)21,18(25)27-5-2)20-15(22)13-8-6-7-9-14(13)16(20)23/h6-9H,4-5,10-11H2,1-3H3. The highest BCUT2D eigenvalue weighted by molar-refractivity contribution is 6.26. The van der Waals surface area contributed by atoms with Crippen molar-refractivity contribution in [1.29, 1.82) is 0 Å². The first-order valence-electron chi connectivity index (χ1n) is 8.63. The van der Waals surface area contributed by atoms with Gasteiger partial charge in [-0.2, -0.15) is 0 Å². The lowest BCUT2D eigenvalue weighted by Gasteiger charge is -2.35. The molecule has 0 aromatic heterocycles. The number of ether oxygens (including phenoxy) is 2. The van der Waals surface area contributed by atoms with Crippen molar-refractivity contribution < 1.29 is 33.4 Å². The minimum absolute atomic E-state index is 0.0725. The zero-order chi connectivity index (χ0) is 20.2. The van der Waals surface area contributed by atoms with Gasteiger partial charge in [0.15, 0.2) is 0 Å². The molecule has 0 saturated carbocycles. The zero-order valence-electron chi connectivity index (χ0n) is 15.4. The first-order valence-corrected chi connectivity index (χ1v) is 8.63. The van der Waals surface area contributed by atoms with Crippen LogP contribution in [0.4, 0.5) is 0 Å². The lowest BCUT2D eigenvalue weighted by molar-refractivity contribution is -0.171. The van der Waals surface area contributed by atoms with Gasteiger partial charge in [0.05, 0.1) is 24.3 Å². The molecule has 2 amide bonds. The molecule has 1 heterocycles. The van der Waals surface area contributed by atoms with Gasteiger partial charge in [0.2, 0.25) is 5.54 Å². The molecule has 0 spiro atoms. The Bertz CT molecular complexity index is 746. The number of nitrogens with zero attached hydrogens (tertiary/aromatic N) is 1. The Hall–Kier alpha value is -3.03. The maximum Gasteiger partial charge on any atom is 0.344 e. The molecule has 1 aliphatic heterocycles. The third kappa shape index (κ3) is 3.47. The molecule has 1 aromatic carbocycles. The predicted molar refractivity (Wildman–Crippen MR) is 92.9 cm³/mol. The summed E-state index contributed by atoms with van der Waals surface area (Å²) in [6.07, 6.45) is -0.628. The van der Waals surface area contributed by atoms with Gasteiger partial charge in [0.1, 0.15) is 5.78 Å². The Morgan fingerprint density at radius 3 is 1.74 bits per heavy atom. The summed E-state index contributed by atoms with van der Waals surface area (Å²) < 4.78 is 10.0. The smallest absolute Gasteiger partial charge is 0.344 e. The van der Waals surface area contributed by atoms with Crippen LogP contribution >= 0.6 is 0 Å². The Morgan fingerprint density at radius 1 is 0.926 bits per heavy atom. The molecule has 0 N–H and O–H groups in total. The number of fused-ring (bicyclic) bond motifs is 1. The van der Waals surface area contributed by atoms with E-state index in [4.69, 9.17) is 9.47 Å². The van der Waals surface area contributed by atoms with Crippen molar-refractivity contribution in [1.82, 2.24) is 4.90 Å². The number of Topliss-reactive ketones (excluding diaryl/α,β-unsaturated/α-hetero) is 1. The van der Waals surface area contributed by atoms with E-state index in [0.717, 1.165) is 0 Å². The second-order valence-electron chi connectivity index (χ2n) is 5.99. The van der Waals surface area contributed by atoms with E-state index in [1.165, 1.54) is 32.9 Å². The van der Waals surface area contributed by atoms with Gasteiger partial charge in [0, 0.05) is 6.42 Å². The van der Waals surface area contributed by atoms with Crippen LogP contribution in [0.15, 0.2) is 24.3 Å². The van der Waals surface area contributed by atoms with Gasteiger partial charge in [-0.05, 0) is 39.3 Å². The van der Waals surface area contributed by atoms with Crippen LogP contribution in [-0.4, -0.2) is 53.2 Å².